The van der Waals surface area contributed by atoms with E-state index in [1.165, 1.54) is 46.2 Å². The lowest BCUT2D eigenvalue weighted by atomic mass is 9.80. The van der Waals surface area contributed by atoms with Gasteiger partial charge in [-0.15, -0.1) is 0 Å². The van der Waals surface area contributed by atoms with Crippen LogP contribution in [0.3, 0.4) is 0 Å². The highest BCUT2D eigenvalue weighted by atomic mass is 16.4. The third-order valence-corrected chi connectivity index (χ3v) is 8.50. The number of rotatable bonds is 2. The van der Waals surface area contributed by atoms with E-state index in [2.05, 4.69) is 12.1 Å². The molecule has 1 atom stereocenters. The van der Waals surface area contributed by atoms with E-state index in [4.69, 9.17) is 0 Å². The van der Waals surface area contributed by atoms with E-state index in [-0.39, 0.29) is 11.2 Å². The number of carboxylic acid groups (broad SMARTS) is 1. The first-order valence-electron chi connectivity index (χ1n) is 12.0. The number of aryl methyl sites for hydroxylation is 2. The van der Waals surface area contributed by atoms with Crippen molar-refractivity contribution in [2.24, 2.45) is 5.41 Å². The van der Waals surface area contributed by atoms with Crippen LogP contribution in [0.4, 0.5) is 0 Å². The zero-order valence-corrected chi connectivity index (χ0v) is 18.4. The van der Waals surface area contributed by atoms with Gasteiger partial charge in [0.15, 0.2) is 5.78 Å². The van der Waals surface area contributed by atoms with Crippen LogP contribution in [0.1, 0.15) is 97.8 Å². The van der Waals surface area contributed by atoms with Crippen LogP contribution >= 0.6 is 0 Å². The largest absolute Gasteiger partial charge is 0.478 e. The van der Waals surface area contributed by atoms with Crippen LogP contribution in [0, 0.1) is 5.41 Å². The van der Waals surface area contributed by atoms with Crippen molar-refractivity contribution in [3.8, 4) is 0 Å². The molecule has 0 saturated carbocycles. The number of carbonyl (C=O) groups is 2. The molecule has 1 spiro atoms. The van der Waals surface area contributed by atoms with E-state index in [0.29, 0.717) is 5.56 Å². The molecule has 0 radical (unpaired) electrons. The maximum Gasteiger partial charge on any atom is 0.336 e. The smallest absolute Gasteiger partial charge is 0.336 e. The van der Waals surface area contributed by atoms with Crippen LogP contribution in [0.2, 0.25) is 0 Å². The molecule has 4 aliphatic rings. The summed E-state index contributed by atoms with van der Waals surface area (Å²) in [6.45, 7) is 1.73. The number of hydrogen-bond donors (Lipinski definition) is 1. The molecular formula is C28H30O3. The van der Waals surface area contributed by atoms with Gasteiger partial charge < -0.3 is 5.11 Å². The van der Waals surface area contributed by atoms with Crippen LogP contribution in [0.15, 0.2) is 12.1 Å². The Bertz CT molecular complexity index is 1060. The zero-order chi connectivity index (χ0) is 21.3. The van der Waals surface area contributed by atoms with Gasteiger partial charge in [0.2, 0.25) is 0 Å². The Balaban J connectivity index is 1.45. The van der Waals surface area contributed by atoms with Gasteiger partial charge in [-0.2, -0.15) is 0 Å². The second kappa shape index (κ2) is 6.79. The Morgan fingerprint density at radius 2 is 1.16 bits per heavy atom. The summed E-state index contributed by atoms with van der Waals surface area (Å²) in [5, 5.41) is 10.1. The van der Waals surface area contributed by atoms with E-state index in [9.17, 15) is 14.7 Å². The Kier molecular flexibility index (Phi) is 4.22. The summed E-state index contributed by atoms with van der Waals surface area (Å²) in [5.41, 5.74) is 11.8. The molecule has 3 heteroatoms. The molecule has 1 N–H and O–H groups in total. The van der Waals surface area contributed by atoms with E-state index in [1.54, 1.807) is 6.92 Å². The molecule has 31 heavy (non-hydrogen) atoms. The normalized spacial score (nSPS) is 23.3. The molecule has 0 saturated heterocycles. The van der Waals surface area contributed by atoms with Gasteiger partial charge in [-0.1, -0.05) is 12.1 Å². The molecule has 0 aromatic heterocycles. The van der Waals surface area contributed by atoms with E-state index >= 15 is 0 Å². The number of benzene rings is 2. The van der Waals surface area contributed by atoms with E-state index < -0.39 is 5.97 Å². The summed E-state index contributed by atoms with van der Waals surface area (Å²) in [5.74, 6) is -0.535. The van der Waals surface area contributed by atoms with Gasteiger partial charge >= 0.3 is 5.97 Å². The highest BCUT2D eigenvalue weighted by molar-refractivity contribution is 5.98. The predicted octanol–water partition coefficient (Wildman–Crippen LogP) is 5.23. The van der Waals surface area contributed by atoms with Gasteiger partial charge in [-0.3, -0.25) is 4.79 Å². The average Bonchev–Trinajstić information content (AvgIpc) is 3.26. The Labute approximate surface area is 183 Å². The Morgan fingerprint density at radius 1 is 0.677 bits per heavy atom. The Hall–Kier alpha value is -2.42. The summed E-state index contributed by atoms with van der Waals surface area (Å²) in [6, 6.07) is 4.74. The van der Waals surface area contributed by atoms with Crippen LogP contribution < -0.4 is 0 Å². The first-order chi connectivity index (χ1) is 15.0. The van der Waals surface area contributed by atoms with Crippen molar-refractivity contribution in [1.29, 1.82) is 0 Å². The molecule has 160 valence electrons. The molecule has 0 amide bonds. The number of fused-ring (bicyclic) bond motifs is 4. The predicted molar refractivity (Wildman–Crippen MR) is 120 cm³/mol. The molecule has 3 nitrogen and oxygen atoms in total. The third kappa shape index (κ3) is 2.85. The Morgan fingerprint density at radius 3 is 1.68 bits per heavy atom. The fourth-order valence-corrected chi connectivity index (χ4v) is 7.36. The van der Waals surface area contributed by atoms with Crippen LogP contribution in [0.5, 0.6) is 0 Å². The molecular weight excluding hydrogens is 384 g/mol. The van der Waals surface area contributed by atoms with Crippen molar-refractivity contribution < 1.29 is 14.7 Å². The molecule has 6 rings (SSSR count). The van der Waals surface area contributed by atoms with Crippen LogP contribution in [-0.2, 0) is 51.4 Å². The molecule has 0 heterocycles. The fourth-order valence-electron chi connectivity index (χ4n) is 7.36. The summed E-state index contributed by atoms with van der Waals surface area (Å²) >= 11 is 0. The van der Waals surface area contributed by atoms with Gasteiger partial charge in [0.25, 0.3) is 0 Å². The molecule has 2 aromatic rings. The van der Waals surface area contributed by atoms with Gasteiger partial charge in [0.1, 0.15) is 0 Å². The standard InChI is InChI=1S/C28H30O3/c1-16(29)25-21-8-4-2-6-17(21)10-19-12-28(14-23(19)25)13-20-11-18-7-3-5-9-22(18)26(27(30)31)24(20)15-28/h10-11H,2-9,12-15H2,1H3,(H,30,31). The van der Waals surface area contributed by atoms with Crippen LogP contribution in [0.25, 0.3) is 0 Å². The number of aromatic carboxylic acids is 1. The van der Waals surface area contributed by atoms with Crippen molar-refractivity contribution >= 4 is 11.8 Å². The summed E-state index contributed by atoms with van der Waals surface area (Å²) in [7, 11) is 0. The average molecular weight is 415 g/mol. The van der Waals surface area contributed by atoms with Crippen molar-refractivity contribution in [3.05, 3.63) is 67.8 Å². The third-order valence-electron chi connectivity index (χ3n) is 8.50. The maximum atomic E-state index is 12.7. The maximum absolute atomic E-state index is 12.7. The van der Waals surface area contributed by atoms with Crippen molar-refractivity contribution in [1.82, 2.24) is 0 Å². The lowest BCUT2D eigenvalue weighted by Gasteiger charge is -2.23. The summed E-state index contributed by atoms with van der Waals surface area (Å²) in [6.07, 6.45) is 12.4. The minimum atomic E-state index is -0.748. The van der Waals surface area contributed by atoms with Gasteiger partial charge in [0.05, 0.1) is 5.56 Å². The summed E-state index contributed by atoms with van der Waals surface area (Å²) < 4.78 is 0. The molecule has 2 aromatic carbocycles. The van der Waals surface area contributed by atoms with Gasteiger partial charge in [-0.25, -0.2) is 4.79 Å². The zero-order valence-electron chi connectivity index (χ0n) is 18.4. The quantitative estimate of drug-likeness (QED) is 0.685. The minimum absolute atomic E-state index is 0.0486. The first-order valence-corrected chi connectivity index (χ1v) is 12.0. The van der Waals surface area contributed by atoms with Gasteiger partial charge in [-0.05, 0) is 134 Å². The number of carboxylic acids is 1. The molecule has 0 bridgehead atoms. The van der Waals surface area contributed by atoms with Gasteiger partial charge in [0, 0.05) is 5.56 Å². The lowest BCUT2D eigenvalue weighted by molar-refractivity contribution is 0.0693. The van der Waals surface area contributed by atoms with Crippen molar-refractivity contribution in [3.63, 3.8) is 0 Å². The number of Topliss-reactive ketones (excluding diaryl/α,β-unsaturated/α-hetero) is 1. The fraction of sp³-hybridized carbons (Fsp3) is 0.500. The second-order valence-corrected chi connectivity index (χ2v) is 10.5. The number of carbonyl (C=O) groups excluding carboxylic acids is 1. The van der Waals surface area contributed by atoms with Crippen LogP contribution in [-0.4, -0.2) is 16.9 Å². The highest BCUT2D eigenvalue weighted by Crippen LogP contribution is 2.51. The molecule has 0 fully saturated rings. The van der Waals surface area contributed by atoms with Crippen molar-refractivity contribution in [2.75, 3.05) is 0 Å². The molecule has 4 aliphatic carbocycles. The number of ketones is 1. The molecule has 1 unspecified atom stereocenters. The minimum Gasteiger partial charge on any atom is -0.478 e. The monoisotopic (exact) mass is 414 g/mol. The van der Waals surface area contributed by atoms with E-state index in [0.717, 1.165) is 80.9 Å². The van der Waals surface area contributed by atoms with E-state index in [1.807, 2.05) is 0 Å². The highest BCUT2D eigenvalue weighted by Gasteiger charge is 2.46. The number of hydrogen-bond acceptors (Lipinski definition) is 2. The summed E-state index contributed by atoms with van der Waals surface area (Å²) in [4.78, 5) is 25.1. The SMILES string of the molecule is CC(=O)c1c2c(cc3c1CC1(C3)Cc3cc4c(c(C(=O)O)c3C1)CCCC4)CCCC2. The second-order valence-electron chi connectivity index (χ2n) is 10.5. The molecule has 0 aliphatic heterocycles. The topological polar surface area (TPSA) is 54.4 Å². The van der Waals surface area contributed by atoms with Crippen molar-refractivity contribution in [2.45, 2.75) is 84.0 Å². The lowest BCUT2D eigenvalue weighted by Crippen LogP contribution is -2.22. The first kappa shape index (κ1) is 19.3.